The van der Waals surface area contributed by atoms with Crippen molar-refractivity contribution in [1.82, 2.24) is 0 Å². The van der Waals surface area contributed by atoms with Gasteiger partial charge in [0.15, 0.2) is 0 Å². The van der Waals surface area contributed by atoms with Gasteiger partial charge in [-0.1, -0.05) is 103 Å². The Kier molecular flexibility index (Phi) is 5.40. The molecule has 9 rings (SSSR count). The highest BCUT2D eigenvalue weighted by Crippen LogP contribution is 2.47. The molecule has 0 spiro atoms. The van der Waals surface area contributed by atoms with Crippen molar-refractivity contribution >= 4 is 81.3 Å². The molecule has 0 bridgehead atoms. The van der Waals surface area contributed by atoms with Crippen LogP contribution < -0.4 is 4.90 Å². The van der Waals surface area contributed by atoms with Crippen LogP contribution in [-0.4, -0.2) is 0 Å². The first kappa shape index (κ1) is 24.2. The molecule has 3 heteroatoms. The van der Waals surface area contributed by atoms with E-state index in [1.165, 1.54) is 42.1 Å². The molecule has 0 N–H and O–H groups in total. The van der Waals surface area contributed by atoms with E-state index in [0.29, 0.717) is 0 Å². The number of benzene rings is 7. The summed E-state index contributed by atoms with van der Waals surface area (Å²) in [5, 5.41) is 7.44. The summed E-state index contributed by atoms with van der Waals surface area (Å²) in [5.41, 5.74) is 7.50. The minimum absolute atomic E-state index is 0.887. The van der Waals surface area contributed by atoms with E-state index in [-0.39, 0.29) is 0 Å². The number of fused-ring (bicyclic) bond motifs is 8. The smallest absolute Gasteiger partial charge is 0.137 e. The predicted molar refractivity (Wildman–Crippen MR) is 184 cm³/mol. The fourth-order valence-corrected chi connectivity index (χ4v) is 7.69. The Bertz CT molecular complexity index is 2470. The molecule has 0 atom stereocenters. The third-order valence-corrected chi connectivity index (χ3v) is 9.63. The molecule has 43 heavy (non-hydrogen) atoms. The van der Waals surface area contributed by atoms with Crippen molar-refractivity contribution in [2.45, 2.75) is 0 Å². The van der Waals surface area contributed by atoms with E-state index in [1.807, 2.05) is 23.5 Å². The number of furan rings is 1. The van der Waals surface area contributed by atoms with Gasteiger partial charge in [-0.25, -0.2) is 0 Å². The molecule has 0 amide bonds. The third kappa shape index (κ3) is 3.86. The van der Waals surface area contributed by atoms with Crippen LogP contribution in [0, 0.1) is 0 Å². The van der Waals surface area contributed by atoms with Crippen LogP contribution in [-0.2, 0) is 0 Å². The maximum Gasteiger partial charge on any atom is 0.137 e. The van der Waals surface area contributed by atoms with Crippen molar-refractivity contribution in [3.05, 3.63) is 152 Å². The van der Waals surface area contributed by atoms with Crippen LogP contribution >= 0.6 is 11.3 Å². The third-order valence-electron chi connectivity index (χ3n) is 8.44. The Hall–Kier alpha value is -5.38. The lowest BCUT2D eigenvalue weighted by Crippen LogP contribution is -2.10. The van der Waals surface area contributed by atoms with Crippen molar-refractivity contribution in [3.63, 3.8) is 0 Å². The molecule has 0 unspecified atom stereocenters. The van der Waals surface area contributed by atoms with E-state index in [0.717, 1.165) is 39.0 Å². The van der Waals surface area contributed by atoms with E-state index in [9.17, 15) is 0 Å². The lowest BCUT2D eigenvalue weighted by atomic mass is 10.0. The summed E-state index contributed by atoms with van der Waals surface area (Å²) in [6, 6.07) is 54.2. The van der Waals surface area contributed by atoms with Crippen molar-refractivity contribution < 1.29 is 4.42 Å². The fourth-order valence-electron chi connectivity index (χ4n) is 6.47. The molecule has 9 aromatic rings. The molecule has 0 fully saturated rings. The van der Waals surface area contributed by atoms with E-state index >= 15 is 0 Å². The minimum atomic E-state index is 0.887. The van der Waals surface area contributed by atoms with Crippen molar-refractivity contribution in [2.24, 2.45) is 0 Å². The maximum absolute atomic E-state index is 6.37. The van der Waals surface area contributed by atoms with Crippen LogP contribution in [0.3, 0.4) is 0 Å². The van der Waals surface area contributed by atoms with Gasteiger partial charge in [0.2, 0.25) is 0 Å². The molecule has 0 saturated carbocycles. The van der Waals surface area contributed by atoms with E-state index in [1.54, 1.807) is 0 Å². The normalized spacial score (nSPS) is 11.7. The average molecular weight is 568 g/mol. The van der Waals surface area contributed by atoms with Crippen LogP contribution in [0.2, 0.25) is 0 Å². The molecule has 0 saturated heterocycles. The summed E-state index contributed by atoms with van der Waals surface area (Å²) in [6.45, 7) is 0. The molecule has 2 aromatic heterocycles. The van der Waals surface area contributed by atoms with Crippen LogP contribution in [0.15, 0.2) is 156 Å². The number of para-hydroxylation sites is 1. The van der Waals surface area contributed by atoms with Gasteiger partial charge in [0.1, 0.15) is 11.2 Å². The number of nitrogens with zero attached hydrogens (tertiary/aromatic N) is 1. The number of rotatable bonds is 4. The molecule has 0 aliphatic rings. The summed E-state index contributed by atoms with van der Waals surface area (Å²) in [6.07, 6.45) is 0. The highest BCUT2D eigenvalue weighted by Gasteiger charge is 2.20. The van der Waals surface area contributed by atoms with Gasteiger partial charge in [0, 0.05) is 43.7 Å². The number of anilines is 3. The maximum atomic E-state index is 6.37. The van der Waals surface area contributed by atoms with Crippen LogP contribution in [0.1, 0.15) is 0 Å². The monoisotopic (exact) mass is 567 g/mol. The first-order chi connectivity index (χ1) is 21.3. The summed E-state index contributed by atoms with van der Waals surface area (Å²) in [4.78, 5) is 2.39. The first-order valence-corrected chi connectivity index (χ1v) is 15.3. The molecule has 2 heterocycles. The second-order valence-electron chi connectivity index (χ2n) is 10.9. The topological polar surface area (TPSA) is 16.4 Å². The Morgan fingerprint density at radius 1 is 0.465 bits per heavy atom. The Morgan fingerprint density at radius 3 is 2.12 bits per heavy atom. The van der Waals surface area contributed by atoms with Gasteiger partial charge in [0.25, 0.3) is 0 Å². The Balaban J connectivity index is 1.32. The van der Waals surface area contributed by atoms with Crippen LogP contribution in [0.5, 0.6) is 0 Å². The zero-order chi connectivity index (χ0) is 28.3. The number of thiophene rings is 1. The predicted octanol–water partition coefficient (Wildman–Crippen LogP) is 12.2. The zero-order valence-electron chi connectivity index (χ0n) is 23.2. The molecule has 202 valence electrons. The zero-order valence-corrected chi connectivity index (χ0v) is 24.0. The summed E-state index contributed by atoms with van der Waals surface area (Å²) < 4.78 is 8.93. The molecule has 0 aliphatic heterocycles. The van der Waals surface area contributed by atoms with Crippen LogP contribution in [0.25, 0.3) is 64.0 Å². The Morgan fingerprint density at radius 2 is 1.19 bits per heavy atom. The quantitative estimate of drug-likeness (QED) is 0.210. The molecule has 0 aliphatic carbocycles. The lowest BCUT2D eigenvalue weighted by Gasteiger charge is -2.26. The average Bonchev–Trinajstić information content (AvgIpc) is 3.64. The first-order valence-electron chi connectivity index (χ1n) is 14.5. The number of hydrogen-bond acceptors (Lipinski definition) is 3. The SMILES string of the molecule is c1ccc(-c2cccc(N(c3ccc4c(c3)oc3ccccc34)c3cccc4c3sc3ccc5ccccc5c34)c2)cc1. The van der Waals surface area contributed by atoms with Crippen LogP contribution in [0.4, 0.5) is 17.1 Å². The second-order valence-corrected chi connectivity index (χ2v) is 12.0. The van der Waals surface area contributed by atoms with Crippen molar-refractivity contribution in [1.29, 1.82) is 0 Å². The second kappa shape index (κ2) is 9.59. The van der Waals surface area contributed by atoms with Gasteiger partial charge in [-0.2, -0.15) is 0 Å². The van der Waals surface area contributed by atoms with Gasteiger partial charge in [0.05, 0.1) is 10.4 Å². The molecular weight excluding hydrogens is 543 g/mol. The van der Waals surface area contributed by atoms with Gasteiger partial charge in [-0.3, -0.25) is 0 Å². The molecule has 0 radical (unpaired) electrons. The van der Waals surface area contributed by atoms with Gasteiger partial charge in [-0.15, -0.1) is 11.3 Å². The fraction of sp³-hybridized carbons (Fsp3) is 0. The highest BCUT2D eigenvalue weighted by molar-refractivity contribution is 7.26. The number of hydrogen-bond donors (Lipinski definition) is 0. The van der Waals surface area contributed by atoms with Gasteiger partial charge in [-0.05, 0) is 64.4 Å². The molecule has 2 nitrogen and oxygen atoms in total. The Labute approximate surface area is 252 Å². The van der Waals surface area contributed by atoms with E-state index < -0.39 is 0 Å². The summed E-state index contributed by atoms with van der Waals surface area (Å²) >= 11 is 1.86. The van der Waals surface area contributed by atoms with E-state index in [2.05, 4.69) is 144 Å². The van der Waals surface area contributed by atoms with Gasteiger partial charge >= 0.3 is 0 Å². The largest absolute Gasteiger partial charge is 0.456 e. The molecular formula is C40H25NOS. The minimum Gasteiger partial charge on any atom is -0.456 e. The standard InChI is InChI=1S/C40H25NOS/c1-2-10-26(11-3-1)28-13-8-14-29(24-28)41(30-21-22-33-32-16-6-7-19-36(32)42-37(33)25-30)35-18-9-17-34-39-31-15-5-4-12-27(31)20-23-38(39)43-40(34)35/h1-25H. The summed E-state index contributed by atoms with van der Waals surface area (Å²) in [5.74, 6) is 0. The van der Waals surface area contributed by atoms with E-state index in [4.69, 9.17) is 4.42 Å². The summed E-state index contributed by atoms with van der Waals surface area (Å²) in [7, 11) is 0. The molecule has 7 aromatic carbocycles. The lowest BCUT2D eigenvalue weighted by molar-refractivity contribution is 0.669. The van der Waals surface area contributed by atoms with Gasteiger partial charge < -0.3 is 9.32 Å². The van der Waals surface area contributed by atoms with Crippen molar-refractivity contribution in [3.8, 4) is 11.1 Å². The highest BCUT2D eigenvalue weighted by atomic mass is 32.1. The van der Waals surface area contributed by atoms with Crippen molar-refractivity contribution in [2.75, 3.05) is 4.90 Å².